The Morgan fingerprint density at radius 1 is 1.44 bits per heavy atom. The monoisotopic (exact) mass is 248 g/mol. The number of hydrogen-bond acceptors (Lipinski definition) is 4. The van der Waals surface area contributed by atoms with Crippen molar-refractivity contribution in [2.75, 3.05) is 12.6 Å². The highest BCUT2D eigenvalue weighted by atomic mass is 16.5. The van der Waals surface area contributed by atoms with Crippen molar-refractivity contribution in [2.24, 2.45) is 0 Å². The van der Waals surface area contributed by atoms with E-state index in [0.717, 1.165) is 23.8 Å². The highest BCUT2D eigenvalue weighted by Crippen LogP contribution is 2.32. The van der Waals surface area contributed by atoms with Gasteiger partial charge in [0.25, 0.3) is 0 Å². The van der Waals surface area contributed by atoms with Crippen molar-refractivity contribution in [3.63, 3.8) is 0 Å². The van der Waals surface area contributed by atoms with Gasteiger partial charge >= 0.3 is 0 Å². The molecule has 0 saturated carbocycles. The van der Waals surface area contributed by atoms with E-state index in [1.807, 2.05) is 6.07 Å². The maximum atomic E-state index is 11.6. The molecule has 1 aromatic carbocycles. The van der Waals surface area contributed by atoms with Gasteiger partial charge in [-0.2, -0.15) is 0 Å². The molecular formula is C13H16N2O3. The molecule has 96 valence electrons. The number of rotatable bonds is 4. The summed E-state index contributed by atoms with van der Waals surface area (Å²) in [7, 11) is 1.51. The smallest absolute Gasteiger partial charge is 0.248 e. The number of aryl methyl sites for hydroxylation is 1. The quantitative estimate of drug-likeness (QED) is 0.726. The molecule has 0 bridgehead atoms. The van der Waals surface area contributed by atoms with E-state index in [1.165, 1.54) is 7.11 Å². The van der Waals surface area contributed by atoms with Crippen LogP contribution in [-0.2, 0) is 6.42 Å². The maximum absolute atomic E-state index is 11.6. The summed E-state index contributed by atoms with van der Waals surface area (Å²) in [6, 6.07) is 5.24. The van der Waals surface area contributed by atoms with Gasteiger partial charge in [-0.25, -0.2) is 0 Å². The molecule has 1 heterocycles. The number of nitrogens with one attached hydrogen (secondary N) is 2. The van der Waals surface area contributed by atoms with Gasteiger partial charge in [-0.3, -0.25) is 15.5 Å². The molecular weight excluding hydrogens is 232 g/mol. The number of benzene rings is 1. The molecule has 0 aliphatic heterocycles. The summed E-state index contributed by atoms with van der Waals surface area (Å²) in [5.41, 5.74) is 3.82. The van der Waals surface area contributed by atoms with Crippen LogP contribution in [-0.4, -0.2) is 17.3 Å². The zero-order valence-electron chi connectivity index (χ0n) is 10.4. The lowest BCUT2D eigenvalue weighted by Gasteiger charge is -2.12. The number of methoxy groups -OCH3 is 1. The minimum Gasteiger partial charge on any atom is -0.494 e. The Morgan fingerprint density at radius 3 is 2.83 bits per heavy atom. The standard InChI is InChI=1S/C13H16N2O3/c1-3-4-8-7-11(16)14-12-9(8)5-6-10(18-2)13(12)15-17/h5-7,15,17H,3-4H2,1-2H3,(H,14,16). The third kappa shape index (κ3) is 2.04. The predicted molar refractivity (Wildman–Crippen MR) is 70.5 cm³/mol. The Hall–Kier alpha value is -2.01. The van der Waals surface area contributed by atoms with Gasteiger partial charge < -0.3 is 9.72 Å². The summed E-state index contributed by atoms with van der Waals surface area (Å²) in [5.74, 6) is 0.481. The van der Waals surface area contributed by atoms with Crippen LogP contribution in [0.15, 0.2) is 23.0 Å². The fraction of sp³-hybridized carbons (Fsp3) is 0.308. The topological polar surface area (TPSA) is 74.4 Å². The summed E-state index contributed by atoms with van der Waals surface area (Å²) in [4.78, 5) is 14.4. The van der Waals surface area contributed by atoms with Gasteiger partial charge in [-0.15, -0.1) is 0 Å². The number of ether oxygens (including phenoxy) is 1. The Kier molecular flexibility index (Phi) is 3.53. The number of anilines is 1. The fourth-order valence-corrected chi connectivity index (χ4v) is 2.13. The highest BCUT2D eigenvalue weighted by Gasteiger charge is 2.11. The number of pyridine rings is 1. The largest absolute Gasteiger partial charge is 0.494 e. The van der Waals surface area contributed by atoms with Crippen LogP contribution in [0.3, 0.4) is 0 Å². The molecule has 1 aromatic heterocycles. The second-order valence-corrected chi connectivity index (χ2v) is 4.09. The molecule has 0 aliphatic rings. The van der Waals surface area contributed by atoms with Crippen LogP contribution in [0.1, 0.15) is 18.9 Å². The van der Waals surface area contributed by atoms with Crippen LogP contribution in [0.4, 0.5) is 5.69 Å². The second kappa shape index (κ2) is 5.10. The van der Waals surface area contributed by atoms with Gasteiger partial charge in [0.15, 0.2) is 0 Å². The van der Waals surface area contributed by atoms with Gasteiger partial charge in [0.05, 0.1) is 12.6 Å². The molecule has 18 heavy (non-hydrogen) atoms. The average molecular weight is 248 g/mol. The molecule has 0 fully saturated rings. The SMILES string of the molecule is CCCc1cc(=O)[nH]c2c(NO)c(OC)ccc12. The number of aromatic nitrogens is 1. The van der Waals surface area contributed by atoms with E-state index in [-0.39, 0.29) is 5.56 Å². The van der Waals surface area contributed by atoms with Gasteiger partial charge in [-0.1, -0.05) is 13.3 Å². The van der Waals surface area contributed by atoms with E-state index in [2.05, 4.69) is 17.4 Å². The van der Waals surface area contributed by atoms with Crippen molar-refractivity contribution in [2.45, 2.75) is 19.8 Å². The molecule has 0 saturated heterocycles. The van der Waals surface area contributed by atoms with Crippen molar-refractivity contribution in [3.05, 3.63) is 34.1 Å². The fourth-order valence-electron chi connectivity index (χ4n) is 2.13. The van der Waals surface area contributed by atoms with E-state index >= 15 is 0 Å². The normalized spacial score (nSPS) is 10.6. The van der Waals surface area contributed by atoms with Gasteiger partial charge in [0.1, 0.15) is 11.4 Å². The molecule has 3 N–H and O–H groups in total. The van der Waals surface area contributed by atoms with Crippen LogP contribution in [0.25, 0.3) is 10.9 Å². The lowest BCUT2D eigenvalue weighted by molar-refractivity contribution is 0.374. The summed E-state index contributed by atoms with van der Waals surface area (Å²) in [6.45, 7) is 2.06. The van der Waals surface area contributed by atoms with Gasteiger partial charge in [-0.05, 0) is 24.1 Å². The van der Waals surface area contributed by atoms with Crippen molar-refractivity contribution in [3.8, 4) is 5.75 Å². The average Bonchev–Trinajstić information content (AvgIpc) is 2.37. The summed E-state index contributed by atoms with van der Waals surface area (Å²) in [6.07, 6.45) is 1.77. The first kappa shape index (κ1) is 12.4. The molecule has 0 amide bonds. The first-order valence-electron chi connectivity index (χ1n) is 5.84. The molecule has 0 aliphatic carbocycles. The van der Waals surface area contributed by atoms with E-state index < -0.39 is 0 Å². The molecule has 5 heteroatoms. The number of fused-ring (bicyclic) bond motifs is 1. The molecule has 0 radical (unpaired) electrons. The van der Waals surface area contributed by atoms with Crippen LogP contribution in [0.5, 0.6) is 5.75 Å². The van der Waals surface area contributed by atoms with Crippen LogP contribution in [0.2, 0.25) is 0 Å². The number of aromatic amines is 1. The lowest BCUT2D eigenvalue weighted by Crippen LogP contribution is -2.08. The zero-order chi connectivity index (χ0) is 13.1. The third-order valence-electron chi connectivity index (χ3n) is 2.92. The molecule has 2 rings (SSSR count). The number of H-pyrrole nitrogens is 1. The predicted octanol–water partition coefficient (Wildman–Crippen LogP) is 2.29. The Balaban J connectivity index is 2.80. The van der Waals surface area contributed by atoms with Crippen LogP contribution < -0.4 is 15.8 Å². The minimum atomic E-state index is -0.185. The maximum Gasteiger partial charge on any atom is 0.248 e. The Labute approximate surface area is 104 Å². The molecule has 2 aromatic rings. The molecule has 5 nitrogen and oxygen atoms in total. The van der Waals surface area contributed by atoms with Gasteiger partial charge in [0.2, 0.25) is 5.56 Å². The first-order valence-corrected chi connectivity index (χ1v) is 5.84. The molecule has 0 atom stereocenters. The Bertz CT molecular complexity index is 619. The number of hydrogen-bond donors (Lipinski definition) is 3. The van der Waals surface area contributed by atoms with Crippen LogP contribution in [0, 0.1) is 0 Å². The summed E-state index contributed by atoms with van der Waals surface area (Å²) < 4.78 is 5.14. The molecule has 0 unspecified atom stereocenters. The second-order valence-electron chi connectivity index (χ2n) is 4.09. The van der Waals surface area contributed by atoms with Crippen LogP contribution >= 0.6 is 0 Å². The van der Waals surface area contributed by atoms with Crippen molar-refractivity contribution in [1.29, 1.82) is 0 Å². The van der Waals surface area contributed by atoms with Crippen molar-refractivity contribution in [1.82, 2.24) is 4.98 Å². The van der Waals surface area contributed by atoms with E-state index in [9.17, 15) is 10.0 Å². The van der Waals surface area contributed by atoms with E-state index in [1.54, 1.807) is 12.1 Å². The van der Waals surface area contributed by atoms with Gasteiger partial charge in [0, 0.05) is 11.5 Å². The highest BCUT2D eigenvalue weighted by molar-refractivity contribution is 5.95. The van der Waals surface area contributed by atoms with Crippen molar-refractivity contribution >= 4 is 16.6 Å². The third-order valence-corrected chi connectivity index (χ3v) is 2.92. The zero-order valence-corrected chi connectivity index (χ0v) is 10.4. The van der Waals surface area contributed by atoms with Crippen molar-refractivity contribution < 1.29 is 9.94 Å². The van der Waals surface area contributed by atoms with E-state index in [4.69, 9.17) is 4.74 Å². The molecule has 0 spiro atoms. The first-order chi connectivity index (χ1) is 8.71. The lowest BCUT2D eigenvalue weighted by atomic mass is 10.0. The minimum absolute atomic E-state index is 0.185. The summed E-state index contributed by atoms with van der Waals surface area (Å²) in [5, 5.41) is 10.1. The summed E-state index contributed by atoms with van der Waals surface area (Å²) >= 11 is 0. The van der Waals surface area contributed by atoms with E-state index in [0.29, 0.717) is 17.0 Å². The Morgan fingerprint density at radius 2 is 2.22 bits per heavy atom.